The average Bonchev–Trinajstić information content (AvgIpc) is 2.90. The monoisotopic (exact) mass is 519 g/mol. The first-order valence-electron chi connectivity index (χ1n) is 11.4. The minimum atomic E-state index is -4.81. The van der Waals surface area contributed by atoms with E-state index in [1.54, 1.807) is 24.6 Å². The predicted molar refractivity (Wildman–Crippen MR) is 143 cm³/mol. The summed E-state index contributed by atoms with van der Waals surface area (Å²) in [6, 6.07) is 4.77. The van der Waals surface area contributed by atoms with Crippen molar-refractivity contribution in [2.75, 3.05) is 11.9 Å². The van der Waals surface area contributed by atoms with Gasteiger partial charge < -0.3 is 0 Å². The van der Waals surface area contributed by atoms with Crippen LogP contribution in [0, 0.1) is 12.8 Å². The highest BCUT2D eigenvalue weighted by Crippen LogP contribution is 2.29. The van der Waals surface area contributed by atoms with Crippen LogP contribution >= 0.6 is 0 Å². The Bertz CT molecular complexity index is 1480. The van der Waals surface area contributed by atoms with Crippen LogP contribution in [0.1, 0.15) is 15.9 Å². The number of dihydropyridines is 1. The second kappa shape index (κ2) is 11.0. The maximum absolute atomic E-state index is 13.5. The molecule has 11 heteroatoms. The van der Waals surface area contributed by atoms with Gasteiger partial charge in [0.1, 0.15) is 5.69 Å². The summed E-state index contributed by atoms with van der Waals surface area (Å²) in [5.74, 6) is -1.15. The summed E-state index contributed by atoms with van der Waals surface area (Å²) in [6.07, 6.45) is 7.98. The summed E-state index contributed by atoms with van der Waals surface area (Å²) in [6.45, 7) is 5.64. The lowest BCUT2D eigenvalue weighted by Crippen LogP contribution is -2.37. The second-order valence-electron chi connectivity index (χ2n) is 8.30. The van der Waals surface area contributed by atoms with Crippen LogP contribution in [0.25, 0.3) is 0 Å². The first-order chi connectivity index (χ1) is 18.1. The smallest absolute Gasteiger partial charge is 0.292 e. The van der Waals surface area contributed by atoms with Gasteiger partial charge in [0.15, 0.2) is 6.21 Å². The van der Waals surface area contributed by atoms with E-state index in [0.29, 0.717) is 24.3 Å². The molecule has 0 aromatic heterocycles. The Morgan fingerprint density at radius 3 is 2.79 bits per heavy atom. The number of anilines is 1. The number of carbonyl (C=O) groups excluding carboxylic acids is 2. The number of hydrogen-bond donors (Lipinski definition) is 2. The lowest BCUT2D eigenvalue weighted by Gasteiger charge is -2.16. The molecule has 0 fully saturated rings. The number of aliphatic imine (C=N–C) groups is 3. The summed E-state index contributed by atoms with van der Waals surface area (Å²) in [4.78, 5) is 35.8. The zero-order valence-electron chi connectivity index (χ0n) is 20.2. The molecule has 38 heavy (non-hydrogen) atoms. The fraction of sp³-hybridized carbons (Fsp3) is 0.148. The van der Waals surface area contributed by atoms with Gasteiger partial charge in [-0.1, -0.05) is 18.7 Å². The summed E-state index contributed by atoms with van der Waals surface area (Å²) >= 11 is 0. The van der Waals surface area contributed by atoms with Crippen LogP contribution in [0.15, 0.2) is 93.6 Å². The summed E-state index contributed by atoms with van der Waals surface area (Å²) in [7, 11) is 0. The van der Waals surface area contributed by atoms with Gasteiger partial charge in [-0.05, 0) is 55.0 Å². The van der Waals surface area contributed by atoms with E-state index < -0.39 is 29.3 Å². The number of halogens is 3. The van der Waals surface area contributed by atoms with Crippen LogP contribution in [0.4, 0.5) is 18.9 Å². The molecule has 0 saturated carbocycles. The number of benzene rings is 1. The van der Waals surface area contributed by atoms with E-state index in [9.17, 15) is 22.8 Å². The van der Waals surface area contributed by atoms with Crippen molar-refractivity contribution < 1.29 is 22.8 Å². The standard InChI is InChI=1S/C27H21F3N6O2/c1-3-24(37)34-22-9-8-19(14-20(22)27(28,29)30)33-25(38)17-7-6-16(2)23(13-17)36-26-32-12-10-21(35-26)18-5-4-11-31-15-18/h3-14,18H,1,15H2,2H3,(H,32,35,36)/p+1. The van der Waals surface area contributed by atoms with Crippen molar-refractivity contribution in [2.24, 2.45) is 20.9 Å². The van der Waals surface area contributed by atoms with Gasteiger partial charge in [0, 0.05) is 17.9 Å². The van der Waals surface area contributed by atoms with Crippen molar-refractivity contribution in [1.82, 2.24) is 9.98 Å². The molecule has 8 nitrogen and oxygen atoms in total. The van der Waals surface area contributed by atoms with E-state index in [2.05, 4.69) is 36.9 Å². The van der Waals surface area contributed by atoms with Gasteiger partial charge in [-0.25, -0.2) is 25.3 Å². The molecule has 0 bridgehead atoms. The number of nitrogens with zero attached hydrogens (tertiary/aromatic N) is 4. The SMILES string of the molecule is C=CC(=O)N=C1C=CC(=NC(=O)c2ccc(C)c(NC3=[N+]=CC=C(C4C=CC=NC4)N3)c2)C=C1C(F)(F)F. The second-order valence-corrected chi connectivity index (χ2v) is 8.30. The van der Waals surface area contributed by atoms with E-state index in [1.807, 2.05) is 25.2 Å². The topological polar surface area (TPSA) is 109 Å². The molecule has 2 aliphatic heterocycles. The van der Waals surface area contributed by atoms with Crippen molar-refractivity contribution in [3.05, 3.63) is 89.7 Å². The molecule has 4 rings (SSSR count). The maximum atomic E-state index is 13.5. The molecule has 1 aliphatic carbocycles. The number of allylic oxidation sites excluding steroid dienone is 6. The molecule has 2 N–H and O–H groups in total. The quantitative estimate of drug-likeness (QED) is 0.361. The third-order valence-electron chi connectivity index (χ3n) is 5.62. The normalized spacial score (nSPS) is 20.5. The van der Waals surface area contributed by atoms with Gasteiger partial charge in [-0.3, -0.25) is 14.6 Å². The highest BCUT2D eigenvalue weighted by atomic mass is 19.4. The molecule has 1 unspecified atom stereocenters. The largest absolute Gasteiger partial charge is 0.448 e. The molecule has 1 aromatic rings. The molecule has 2 heterocycles. The molecule has 1 aromatic carbocycles. The van der Waals surface area contributed by atoms with Crippen molar-refractivity contribution >= 4 is 47.3 Å². The molecule has 3 aliphatic rings. The van der Waals surface area contributed by atoms with Gasteiger partial charge in [0.25, 0.3) is 11.8 Å². The molecule has 2 amide bonds. The van der Waals surface area contributed by atoms with E-state index in [4.69, 9.17) is 0 Å². The van der Waals surface area contributed by atoms with Gasteiger partial charge >= 0.3 is 12.1 Å². The van der Waals surface area contributed by atoms with Crippen LogP contribution in [-0.2, 0) is 4.79 Å². The fourth-order valence-corrected chi connectivity index (χ4v) is 3.65. The van der Waals surface area contributed by atoms with Gasteiger partial charge in [-0.15, -0.1) is 0 Å². The van der Waals surface area contributed by atoms with Gasteiger partial charge in [-0.2, -0.15) is 13.2 Å². The lowest BCUT2D eigenvalue weighted by atomic mass is 10.0. The van der Waals surface area contributed by atoms with E-state index in [1.165, 1.54) is 12.1 Å². The van der Waals surface area contributed by atoms with Crippen LogP contribution in [-0.4, -0.2) is 54.3 Å². The van der Waals surface area contributed by atoms with Gasteiger partial charge in [0.2, 0.25) is 0 Å². The zero-order chi connectivity index (χ0) is 27.3. The van der Waals surface area contributed by atoms with Crippen molar-refractivity contribution in [3.63, 3.8) is 0 Å². The van der Waals surface area contributed by atoms with Crippen molar-refractivity contribution in [3.8, 4) is 0 Å². The minimum absolute atomic E-state index is 0.0760. The van der Waals surface area contributed by atoms with Gasteiger partial charge in [0.05, 0.1) is 35.2 Å². The van der Waals surface area contributed by atoms with E-state index in [0.717, 1.165) is 23.4 Å². The number of hydrogen-bond acceptors (Lipinski definition) is 5. The Morgan fingerprint density at radius 1 is 1.26 bits per heavy atom. The van der Waals surface area contributed by atoms with Crippen molar-refractivity contribution in [2.45, 2.75) is 13.1 Å². The number of amides is 2. The Kier molecular flexibility index (Phi) is 7.59. The number of rotatable bonds is 4. The Morgan fingerprint density at radius 2 is 2.08 bits per heavy atom. The third kappa shape index (κ3) is 6.26. The number of alkyl halides is 3. The molecule has 0 saturated heterocycles. The third-order valence-corrected chi connectivity index (χ3v) is 5.62. The Labute approximate surface area is 215 Å². The van der Waals surface area contributed by atoms with Crippen LogP contribution < -0.4 is 15.3 Å². The summed E-state index contributed by atoms with van der Waals surface area (Å²) in [5, 5.41) is 6.37. The highest BCUT2D eigenvalue weighted by molar-refractivity contribution is 6.26. The number of nitrogens with one attached hydrogen (secondary N) is 2. The minimum Gasteiger partial charge on any atom is -0.292 e. The Hall–Kier alpha value is -4.89. The van der Waals surface area contributed by atoms with Crippen LogP contribution in [0.5, 0.6) is 0 Å². The first kappa shape index (κ1) is 26.2. The number of carbonyl (C=O) groups is 2. The lowest BCUT2D eigenvalue weighted by molar-refractivity contribution is -0.113. The van der Waals surface area contributed by atoms with E-state index >= 15 is 0 Å². The van der Waals surface area contributed by atoms with Crippen molar-refractivity contribution in [1.29, 1.82) is 0 Å². The molecule has 1 atom stereocenters. The molecular weight excluding hydrogens is 497 g/mol. The fourth-order valence-electron chi connectivity index (χ4n) is 3.65. The number of guanidine groups is 1. The average molecular weight is 520 g/mol. The molecular formula is C27H22F3N6O2+. The molecule has 192 valence electrons. The Balaban J connectivity index is 1.54. The number of aryl methyl sites for hydroxylation is 1. The summed E-state index contributed by atoms with van der Waals surface area (Å²) < 4.78 is 44.9. The van der Waals surface area contributed by atoms with Crippen LogP contribution in [0.3, 0.4) is 0 Å². The molecule has 0 spiro atoms. The maximum Gasteiger partial charge on any atom is 0.448 e. The highest BCUT2D eigenvalue weighted by Gasteiger charge is 2.38. The van der Waals surface area contributed by atoms with E-state index in [-0.39, 0.29) is 17.2 Å². The van der Waals surface area contributed by atoms with Crippen LogP contribution in [0.2, 0.25) is 0 Å². The zero-order valence-corrected chi connectivity index (χ0v) is 20.2. The summed E-state index contributed by atoms with van der Waals surface area (Å²) in [5.41, 5.74) is 0.432. The molecule has 0 radical (unpaired) electrons. The predicted octanol–water partition coefficient (Wildman–Crippen LogP) is 3.44. The first-order valence-corrected chi connectivity index (χ1v) is 11.4.